The first-order valence-electron chi connectivity index (χ1n) is 5.79. The van der Waals surface area contributed by atoms with E-state index in [4.69, 9.17) is 0 Å². The van der Waals surface area contributed by atoms with E-state index >= 15 is 0 Å². The molecule has 1 aliphatic heterocycles. The Balaban J connectivity index is 0.00000162. The maximum Gasteiger partial charge on any atom is 0.127 e. The van der Waals surface area contributed by atoms with Crippen LogP contribution in [0.1, 0.15) is 18.5 Å². The van der Waals surface area contributed by atoms with Crippen LogP contribution in [0.4, 0.5) is 0 Å². The Kier molecular flexibility index (Phi) is 7.29. The van der Waals surface area contributed by atoms with Crippen molar-refractivity contribution in [3.05, 3.63) is 17.7 Å². The molecule has 1 heterocycles. The first-order chi connectivity index (χ1) is 8.09. The van der Waals surface area contributed by atoms with Gasteiger partial charge in [0.25, 0.3) is 0 Å². The highest BCUT2D eigenvalue weighted by Crippen LogP contribution is 2.38. The van der Waals surface area contributed by atoms with Crippen molar-refractivity contribution < 1.29 is 15.3 Å². The summed E-state index contributed by atoms with van der Waals surface area (Å²) in [7, 11) is 0. The molecule has 1 atom stereocenters. The molecule has 2 rings (SSSR count). The number of rotatable bonds is 2. The van der Waals surface area contributed by atoms with Gasteiger partial charge in [-0.2, -0.15) is 0 Å². The van der Waals surface area contributed by atoms with Gasteiger partial charge in [0.1, 0.15) is 17.2 Å². The third kappa shape index (κ3) is 4.04. The molecule has 1 saturated heterocycles. The minimum atomic E-state index is -0.128. The molecule has 7 heteroatoms. The first kappa shape index (κ1) is 18.1. The van der Waals surface area contributed by atoms with E-state index in [1.165, 1.54) is 12.1 Å². The predicted molar refractivity (Wildman–Crippen MR) is 78.8 cm³/mol. The zero-order valence-corrected chi connectivity index (χ0v) is 12.3. The zero-order valence-electron chi connectivity index (χ0n) is 10.7. The van der Waals surface area contributed by atoms with Crippen LogP contribution in [0.15, 0.2) is 12.1 Å². The van der Waals surface area contributed by atoms with Crippen molar-refractivity contribution in [3.8, 4) is 17.2 Å². The monoisotopic (exact) mass is 310 g/mol. The molecule has 5 nitrogen and oxygen atoms in total. The Bertz CT molecular complexity index is 389. The van der Waals surface area contributed by atoms with Crippen molar-refractivity contribution in [1.29, 1.82) is 0 Å². The van der Waals surface area contributed by atoms with Crippen LogP contribution in [-0.4, -0.2) is 46.4 Å². The predicted octanol–water partition coefficient (Wildman–Crippen LogP) is 1.61. The van der Waals surface area contributed by atoms with Crippen molar-refractivity contribution >= 4 is 24.8 Å². The van der Waals surface area contributed by atoms with Crippen molar-refractivity contribution in [3.63, 3.8) is 0 Å². The van der Waals surface area contributed by atoms with Crippen LogP contribution in [0.3, 0.4) is 0 Å². The van der Waals surface area contributed by atoms with Crippen LogP contribution < -0.4 is 5.32 Å². The number of aromatic hydroxyl groups is 3. The van der Waals surface area contributed by atoms with Gasteiger partial charge in [-0.3, -0.25) is 4.90 Å². The van der Waals surface area contributed by atoms with E-state index in [1.807, 2.05) is 6.92 Å². The van der Waals surface area contributed by atoms with E-state index in [2.05, 4.69) is 10.2 Å². The molecule has 0 unspecified atom stereocenters. The maximum absolute atomic E-state index is 9.81. The van der Waals surface area contributed by atoms with Gasteiger partial charge in [0.05, 0.1) is 5.56 Å². The number of hydrogen-bond donors (Lipinski definition) is 4. The minimum absolute atomic E-state index is 0. The van der Waals surface area contributed by atoms with E-state index in [0.29, 0.717) is 5.56 Å². The lowest BCUT2D eigenvalue weighted by atomic mass is 10.0. The molecule has 19 heavy (non-hydrogen) atoms. The average molecular weight is 311 g/mol. The molecule has 110 valence electrons. The lowest BCUT2D eigenvalue weighted by Crippen LogP contribution is -2.44. The van der Waals surface area contributed by atoms with Gasteiger partial charge in [-0.05, 0) is 6.92 Å². The van der Waals surface area contributed by atoms with E-state index in [-0.39, 0.29) is 48.1 Å². The van der Waals surface area contributed by atoms with E-state index in [0.717, 1.165) is 26.2 Å². The number of nitrogens with zero attached hydrogens (tertiary/aromatic N) is 1. The van der Waals surface area contributed by atoms with Gasteiger partial charge in [-0.1, -0.05) is 0 Å². The fourth-order valence-electron chi connectivity index (χ4n) is 2.29. The van der Waals surface area contributed by atoms with Crippen LogP contribution in [0.5, 0.6) is 17.2 Å². The summed E-state index contributed by atoms with van der Waals surface area (Å²) in [4.78, 5) is 2.18. The molecule has 0 spiro atoms. The normalized spacial score (nSPS) is 17.1. The van der Waals surface area contributed by atoms with Gasteiger partial charge in [-0.15, -0.1) is 24.8 Å². The largest absolute Gasteiger partial charge is 0.508 e. The second-order valence-electron chi connectivity index (χ2n) is 4.36. The molecule has 4 N–H and O–H groups in total. The first-order valence-corrected chi connectivity index (χ1v) is 5.79. The average Bonchev–Trinajstić information content (AvgIpc) is 2.28. The Hall–Kier alpha value is -0.880. The number of hydrogen-bond acceptors (Lipinski definition) is 5. The summed E-state index contributed by atoms with van der Waals surface area (Å²) >= 11 is 0. The Morgan fingerprint density at radius 1 is 1.05 bits per heavy atom. The summed E-state index contributed by atoms with van der Waals surface area (Å²) < 4.78 is 0. The number of phenols is 3. The molecule has 1 fully saturated rings. The quantitative estimate of drug-likeness (QED) is 0.668. The number of benzene rings is 1. The third-order valence-corrected chi connectivity index (χ3v) is 3.24. The molecule has 0 amide bonds. The second-order valence-corrected chi connectivity index (χ2v) is 4.36. The standard InChI is InChI=1S/C12H18N2O3.2ClH/c1-8(14-4-2-13-3-5-14)12-10(16)6-9(15)7-11(12)17;;/h6-8,13,15-17H,2-5H2,1H3;2*1H/t8-;;/m1../s1. The van der Waals surface area contributed by atoms with Crippen molar-refractivity contribution in [1.82, 2.24) is 10.2 Å². The Morgan fingerprint density at radius 3 is 2.00 bits per heavy atom. The van der Waals surface area contributed by atoms with E-state index < -0.39 is 0 Å². The SMILES string of the molecule is C[C@H](c1c(O)cc(O)cc1O)N1CCNCC1.Cl.Cl. The van der Waals surface area contributed by atoms with Gasteiger partial charge < -0.3 is 20.6 Å². The van der Waals surface area contributed by atoms with Gasteiger partial charge in [0, 0.05) is 44.4 Å². The topological polar surface area (TPSA) is 76.0 Å². The fourth-order valence-corrected chi connectivity index (χ4v) is 2.29. The van der Waals surface area contributed by atoms with Gasteiger partial charge in [-0.25, -0.2) is 0 Å². The molecule has 1 aromatic carbocycles. The van der Waals surface area contributed by atoms with Gasteiger partial charge in [0.15, 0.2) is 0 Å². The van der Waals surface area contributed by atoms with Crippen molar-refractivity contribution in [2.24, 2.45) is 0 Å². The Labute approximate surface area is 125 Å². The third-order valence-electron chi connectivity index (χ3n) is 3.24. The highest BCUT2D eigenvalue weighted by molar-refractivity contribution is 5.85. The molecule has 0 bridgehead atoms. The summed E-state index contributed by atoms with van der Waals surface area (Å²) in [5.74, 6) is -0.252. The van der Waals surface area contributed by atoms with Gasteiger partial charge >= 0.3 is 0 Å². The molecule has 0 saturated carbocycles. The maximum atomic E-state index is 9.81. The summed E-state index contributed by atoms with van der Waals surface area (Å²) in [6.07, 6.45) is 0. The number of halogens is 2. The Morgan fingerprint density at radius 2 is 1.53 bits per heavy atom. The molecule has 0 aromatic heterocycles. The van der Waals surface area contributed by atoms with Crippen LogP contribution in [-0.2, 0) is 0 Å². The van der Waals surface area contributed by atoms with Gasteiger partial charge in [0.2, 0.25) is 0 Å². The highest BCUT2D eigenvalue weighted by Gasteiger charge is 2.23. The minimum Gasteiger partial charge on any atom is -0.508 e. The lowest BCUT2D eigenvalue weighted by Gasteiger charge is -2.33. The lowest BCUT2D eigenvalue weighted by molar-refractivity contribution is 0.180. The molecular weight excluding hydrogens is 291 g/mol. The molecular formula is C12H20Cl2N2O3. The fraction of sp³-hybridized carbons (Fsp3) is 0.500. The van der Waals surface area contributed by atoms with Crippen LogP contribution in [0, 0.1) is 0 Å². The second kappa shape index (κ2) is 7.65. The molecule has 0 aliphatic carbocycles. The number of nitrogens with one attached hydrogen (secondary N) is 1. The van der Waals surface area contributed by atoms with Crippen LogP contribution in [0.25, 0.3) is 0 Å². The molecule has 0 radical (unpaired) electrons. The van der Waals surface area contributed by atoms with Crippen molar-refractivity contribution in [2.75, 3.05) is 26.2 Å². The number of phenolic OH excluding ortho intramolecular Hbond substituents is 3. The summed E-state index contributed by atoms with van der Waals surface area (Å²) in [5, 5.41) is 32.1. The van der Waals surface area contributed by atoms with Crippen molar-refractivity contribution in [2.45, 2.75) is 13.0 Å². The number of piperazine rings is 1. The van der Waals surface area contributed by atoms with E-state index in [9.17, 15) is 15.3 Å². The zero-order chi connectivity index (χ0) is 12.4. The summed E-state index contributed by atoms with van der Waals surface area (Å²) in [6, 6.07) is 2.44. The van der Waals surface area contributed by atoms with Crippen LogP contribution >= 0.6 is 24.8 Å². The van der Waals surface area contributed by atoms with E-state index in [1.54, 1.807) is 0 Å². The molecule has 1 aliphatic rings. The highest BCUT2D eigenvalue weighted by atomic mass is 35.5. The summed E-state index contributed by atoms with van der Waals surface area (Å²) in [6.45, 7) is 5.51. The smallest absolute Gasteiger partial charge is 0.127 e. The summed E-state index contributed by atoms with van der Waals surface area (Å²) in [5.41, 5.74) is 0.477. The molecule has 1 aromatic rings. The van der Waals surface area contributed by atoms with Crippen LogP contribution in [0.2, 0.25) is 0 Å².